The van der Waals surface area contributed by atoms with Crippen molar-refractivity contribution >= 4 is 32.8 Å². The van der Waals surface area contributed by atoms with Crippen LogP contribution in [0.1, 0.15) is 47.9 Å². The van der Waals surface area contributed by atoms with Gasteiger partial charge in [-0.25, -0.2) is 23.5 Å². The van der Waals surface area contributed by atoms with Gasteiger partial charge in [0.05, 0.1) is 21.6 Å². The van der Waals surface area contributed by atoms with E-state index in [0.717, 1.165) is 43.6 Å². The molecule has 2 saturated heterocycles. The standard InChI is InChI=1S/C30H36N8O2S/c1-21-18-24(37-17-14-30(2,20-37)22-8-5-4-6-9-22)19-38-28(21)34-27(35-38)29(39)32-23-12-15-36(16-13-23)25-10-7-11-26(33-25)41(3,31)40/h4-11,18-19,23,31H,12-17,20H2,1-3H3,(H,32,39)/t30-,41?/m0/s1. The van der Waals surface area contributed by atoms with Crippen LogP contribution >= 0.6 is 0 Å². The molecule has 10 nitrogen and oxygen atoms in total. The van der Waals surface area contributed by atoms with Crippen LogP contribution in [0.15, 0.2) is 65.8 Å². The van der Waals surface area contributed by atoms with Gasteiger partial charge in [-0.3, -0.25) is 4.79 Å². The number of nitrogens with one attached hydrogen (secondary N) is 2. The summed E-state index contributed by atoms with van der Waals surface area (Å²) in [6.07, 6.45) is 5.92. The molecule has 0 saturated carbocycles. The van der Waals surface area contributed by atoms with Crippen LogP contribution in [0.2, 0.25) is 0 Å². The van der Waals surface area contributed by atoms with Gasteiger partial charge in [0.2, 0.25) is 5.82 Å². The van der Waals surface area contributed by atoms with E-state index in [4.69, 9.17) is 4.78 Å². The van der Waals surface area contributed by atoms with Gasteiger partial charge < -0.3 is 15.1 Å². The molecule has 0 spiro atoms. The summed E-state index contributed by atoms with van der Waals surface area (Å²) in [6.45, 7) is 7.61. The Morgan fingerprint density at radius 2 is 1.80 bits per heavy atom. The normalized spacial score (nSPS) is 21.2. The van der Waals surface area contributed by atoms with Crippen molar-refractivity contribution in [1.29, 1.82) is 4.78 Å². The molecule has 0 radical (unpaired) electrons. The highest BCUT2D eigenvalue weighted by Crippen LogP contribution is 2.36. The van der Waals surface area contributed by atoms with Crippen molar-refractivity contribution in [2.75, 3.05) is 42.2 Å². The second-order valence-electron chi connectivity index (χ2n) is 11.6. The smallest absolute Gasteiger partial charge is 0.291 e. The highest BCUT2D eigenvalue weighted by atomic mass is 32.2. The zero-order valence-electron chi connectivity index (χ0n) is 23.7. The van der Waals surface area contributed by atoms with Gasteiger partial charge in [0.1, 0.15) is 10.8 Å². The first kappa shape index (κ1) is 27.2. The van der Waals surface area contributed by atoms with Crippen molar-refractivity contribution < 1.29 is 9.00 Å². The second-order valence-corrected chi connectivity index (χ2v) is 13.7. The minimum absolute atomic E-state index is 0.00274. The van der Waals surface area contributed by atoms with E-state index in [1.54, 1.807) is 16.6 Å². The Labute approximate surface area is 240 Å². The molecule has 2 N–H and O–H groups in total. The first-order valence-electron chi connectivity index (χ1n) is 14.0. The van der Waals surface area contributed by atoms with Gasteiger partial charge in [0, 0.05) is 43.9 Å². The SMILES string of the molecule is Cc1cc(N2CC[C@](C)(c3ccccc3)C2)cn2nc(C(=O)NC3CCN(c4cccc(S(C)(=N)=O)n4)CC3)nc12. The molecule has 11 heteroatoms. The van der Waals surface area contributed by atoms with Crippen molar-refractivity contribution in [3.63, 3.8) is 0 Å². The number of pyridine rings is 2. The molecule has 1 amide bonds. The van der Waals surface area contributed by atoms with E-state index >= 15 is 0 Å². The van der Waals surface area contributed by atoms with E-state index in [1.165, 1.54) is 11.8 Å². The van der Waals surface area contributed by atoms with E-state index in [0.29, 0.717) is 24.6 Å². The third-order valence-electron chi connectivity index (χ3n) is 8.38. The van der Waals surface area contributed by atoms with Gasteiger partial charge in [-0.2, -0.15) is 0 Å². The van der Waals surface area contributed by atoms with Crippen molar-refractivity contribution in [2.45, 2.75) is 49.6 Å². The first-order chi connectivity index (χ1) is 19.6. The fourth-order valence-corrected chi connectivity index (χ4v) is 6.56. The third kappa shape index (κ3) is 5.50. The van der Waals surface area contributed by atoms with Crippen LogP contribution in [0.25, 0.3) is 5.65 Å². The van der Waals surface area contributed by atoms with E-state index < -0.39 is 9.73 Å². The predicted octanol–water partition coefficient (Wildman–Crippen LogP) is 4.03. The van der Waals surface area contributed by atoms with Gasteiger partial charge in [-0.15, -0.1) is 5.10 Å². The van der Waals surface area contributed by atoms with Gasteiger partial charge in [-0.1, -0.05) is 43.3 Å². The number of amides is 1. The van der Waals surface area contributed by atoms with E-state index in [1.807, 2.05) is 19.2 Å². The Hall–Kier alpha value is -3.99. The van der Waals surface area contributed by atoms with Crippen LogP contribution in [0.3, 0.4) is 0 Å². The Morgan fingerprint density at radius 1 is 1.05 bits per heavy atom. The van der Waals surface area contributed by atoms with E-state index in [-0.39, 0.29) is 28.2 Å². The zero-order chi connectivity index (χ0) is 28.8. The maximum atomic E-state index is 13.1. The number of carbonyl (C=O) groups is 1. The molecule has 6 rings (SSSR count). The average Bonchev–Trinajstić information content (AvgIpc) is 3.59. The van der Waals surface area contributed by atoms with Crippen LogP contribution in [-0.4, -0.2) is 68.2 Å². The largest absolute Gasteiger partial charge is 0.369 e. The summed E-state index contributed by atoms with van der Waals surface area (Å²) in [7, 11) is -2.87. The molecule has 214 valence electrons. The number of aryl methyl sites for hydroxylation is 1. The molecule has 0 bridgehead atoms. The number of anilines is 2. The fourth-order valence-electron chi connectivity index (χ4n) is 5.96. The number of nitrogens with zero attached hydrogens (tertiary/aromatic N) is 6. The lowest BCUT2D eigenvalue weighted by Crippen LogP contribution is -2.45. The Morgan fingerprint density at radius 3 is 2.54 bits per heavy atom. The van der Waals surface area contributed by atoms with E-state index in [2.05, 4.69) is 73.5 Å². The lowest BCUT2D eigenvalue weighted by atomic mass is 9.82. The molecule has 3 aromatic heterocycles. The number of benzene rings is 1. The van der Waals surface area contributed by atoms with Crippen LogP contribution in [0, 0.1) is 11.7 Å². The second kappa shape index (κ2) is 10.4. The monoisotopic (exact) mass is 572 g/mol. The molecule has 5 heterocycles. The van der Waals surface area contributed by atoms with Crippen molar-refractivity contribution in [3.8, 4) is 0 Å². The first-order valence-corrected chi connectivity index (χ1v) is 16.0. The minimum atomic E-state index is -2.87. The van der Waals surface area contributed by atoms with Crippen LogP contribution in [0.4, 0.5) is 11.5 Å². The summed E-state index contributed by atoms with van der Waals surface area (Å²) in [5.41, 5.74) is 4.20. The third-order valence-corrected chi connectivity index (χ3v) is 9.40. The lowest BCUT2D eigenvalue weighted by molar-refractivity contribution is 0.0920. The maximum Gasteiger partial charge on any atom is 0.291 e. The van der Waals surface area contributed by atoms with Crippen LogP contribution < -0.4 is 15.1 Å². The van der Waals surface area contributed by atoms with Gasteiger partial charge in [-0.05, 0) is 55.5 Å². The maximum absolute atomic E-state index is 13.1. The minimum Gasteiger partial charge on any atom is -0.369 e. The number of carbonyl (C=O) groups excluding carboxylic acids is 1. The molecule has 1 unspecified atom stereocenters. The van der Waals surface area contributed by atoms with Crippen molar-refractivity contribution in [2.24, 2.45) is 0 Å². The number of piperidine rings is 1. The molecule has 2 aliphatic rings. The van der Waals surface area contributed by atoms with Gasteiger partial charge in [0.15, 0.2) is 5.65 Å². The molecule has 2 fully saturated rings. The average molecular weight is 573 g/mol. The molecular formula is C30H36N8O2S. The molecule has 4 aromatic rings. The Kier molecular flexibility index (Phi) is 6.93. The summed E-state index contributed by atoms with van der Waals surface area (Å²) in [5, 5.41) is 7.96. The van der Waals surface area contributed by atoms with Gasteiger partial charge in [0.25, 0.3) is 5.91 Å². The summed E-state index contributed by atoms with van der Waals surface area (Å²) in [6, 6.07) is 18.1. The number of fused-ring (bicyclic) bond motifs is 1. The Balaban J connectivity index is 1.11. The topological polar surface area (TPSA) is 120 Å². The number of rotatable bonds is 6. The van der Waals surface area contributed by atoms with Gasteiger partial charge >= 0.3 is 0 Å². The van der Waals surface area contributed by atoms with Crippen LogP contribution in [0.5, 0.6) is 0 Å². The fraction of sp³-hybridized carbons (Fsp3) is 0.400. The predicted molar refractivity (Wildman–Crippen MR) is 160 cm³/mol. The summed E-state index contributed by atoms with van der Waals surface area (Å²) in [5.74, 6) is 0.612. The molecule has 2 aliphatic heterocycles. The van der Waals surface area contributed by atoms with E-state index in [9.17, 15) is 9.00 Å². The molecular weight excluding hydrogens is 536 g/mol. The number of aromatic nitrogens is 4. The number of hydrogen-bond acceptors (Lipinski definition) is 8. The van der Waals surface area contributed by atoms with Crippen molar-refractivity contribution in [1.82, 2.24) is 24.9 Å². The van der Waals surface area contributed by atoms with Crippen LogP contribution in [-0.2, 0) is 15.1 Å². The number of hydrogen-bond donors (Lipinski definition) is 2. The highest BCUT2D eigenvalue weighted by Gasteiger charge is 2.35. The molecule has 41 heavy (non-hydrogen) atoms. The highest BCUT2D eigenvalue weighted by molar-refractivity contribution is 7.91. The molecule has 2 atom stereocenters. The summed E-state index contributed by atoms with van der Waals surface area (Å²) >= 11 is 0. The summed E-state index contributed by atoms with van der Waals surface area (Å²) in [4.78, 5) is 26.7. The summed E-state index contributed by atoms with van der Waals surface area (Å²) < 4.78 is 21.7. The lowest BCUT2D eigenvalue weighted by Gasteiger charge is -2.33. The van der Waals surface area contributed by atoms with Crippen molar-refractivity contribution in [3.05, 3.63) is 77.7 Å². The molecule has 1 aromatic carbocycles. The zero-order valence-corrected chi connectivity index (χ0v) is 24.5. The molecule has 0 aliphatic carbocycles. The Bertz CT molecular complexity index is 1700. The quantitative estimate of drug-likeness (QED) is 0.358.